The number of aromatic nitrogens is 2. The second kappa shape index (κ2) is 4.17. The van der Waals surface area contributed by atoms with Crippen molar-refractivity contribution in [3.05, 3.63) is 17.5 Å². The second-order valence-electron chi connectivity index (χ2n) is 6.30. The maximum Gasteiger partial charge on any atom is 0.435 e. The lowest BCUT2D eigenvalue weighted by atomic mass is 9.88. The second-order valence-corrected chi connectivity index (χ2v) is 6.30. The highest BCUT2D eigenvalue weighted by atomic mass is 16.6. The van der Waals surface area contributed by atoms with Crippen LogP contribution in [0.25, 0.3) is 0 Å². The molecule has 0 aromatic carbocycles. The minimum absolute atomic E-state index is 0.0235. The first kappa shape index (κ1) is 13.7. The van der Waals surface area contributed by atoms with Gasteiger partial charge in [-0.1, -0.05) is 20.8 Å². The Morgan fingerprint density at radius 2 is 1.76 bits per heavy atom. The van der Waals surface area contributed by atoms with E-state index >= 15 is 0 Å². The highest BCUT2D eigenvalue weighted by Gasteiger charge is 2.23. The molecule has 0 aliphatic carbocycles. The zero-order valence-electron chi connectivity index (χ0n) is 11.8. The van der Waals surface area contributed by atoms with Gasteiger partial charge >= 0.3 is 6.09 Å². The number of carbonyl (C=O) groups excluding carboxylic acids is 1. The first-order chi connectivity index (χ1) is 7.50. The molecule has 0 saturated heterocycles. The lowest BCUT2D eigenvalue weighted by molar-refractivity contribution is 0.0514. The molecule has 4 heteroatoms. The van der Waals surface area contributed by atoms with Crippen molar-refractivity contribution >= 4 is 6.09 Å². The number of hydrogen-bond donors (Lipinski definition) is 0. The molecule has 1 aromatic heterocycles. The first-order valence-corrected chi connectivity index (χ1v) is 5.81. The van der Waals surface area contributed by atoms with Crippen molar-refractivity contribution < 1.29 is 9.53 Å². The van der Waals surface area contributed by atoms with E-state index in [1.807, 2.05) is 27.7 Å². The van der Waals surface area contributed by atoms with Gasteiger partial charge < -0.3 is 4.74 Å². The molecule has 0 aliphatic rings. The number of aryl methyl sites for hydroxylation is 1. The van der Waals surface area contributed by atoms with Gasteiger partial charge in [0.15, 0.2) is 0 Å². The third kappa shape index (κ3) is 3.58. The van der Waals surface area contributed by atoms with E-state index in [0.29, 0.717) is 0 Å². The highest BCUT2D eigenvalue weighted by Crippen LogP contribution is 2.24. The molecule has 0 aliphatic heterocycles. The van der Waals surface area contributed by atoms with Crippen molar-refractivity contribution in [2.75, 3.05) is 0 Å². The van der Waals surface area contributed by atoms with Crippen LogP contribution in [0.4, 0.5) is 4.79 Å². The molecule has 0 fully saturated rings. The molecule has 0 bridgehead atoms. The molecule has 0 radical (unpaired) electrons. The quantitative estimate of drug-likeness (QED) is 0.696. The molecule has 0 saturated carbocycles. The Morgan fingerprint density at radius 3 is 2.12 bits per heavy atom. The Kier molecular flexibility index (Phi) is 3.37. The summed E-state index contributed by atoms with van der Waals surface area (Å²) in [5.41, 5.74) is 1.40. The average Bonchev–Trinajstić information content (AvgIpc) is 2.42. The largest absolute Gasteiger partial charge is 0.442 e. The monoisotopic (exact) mass is 238 g/mol. The van der Waals surface area contributed by atoms with Gasteiger partial charge in [-0.3, -0.25) is 0 Å². The van der Waals surface area contributed by atoms with Crippen LogP contribution >= 0.6 is 0 Å². The van der Waals surface area contributed by atoms with Gasteiger partial charge in [0.1, 0.15) is 5.60 Å². The summed E-state index contributed by atoms with van der Waals surface area (Å²) in [5, 5.41) is 4.20. The molecule has 0 unspecified atom stereocenters. The summed E-state index contributed by atoms with van der Waals surface area (Å²) < 4.78 is 6.55. The number of hydrogen-bond acceptors (Lipinski definition) is 3. The van der Waals surface area contributed by atoms with Crippen LogP contribution in [-0.4, -0.2) is 21.5 Å². The van der Waals surface area contributed by atoms with Crippen LogP contribution in [0, 0.1) is 6.92 Å². The van der Waals surface area contributed by atoms with Crippen molar-refractivity contribution in [3.8, 4) is 0 Å². The van der Waals surface area contributed by atoms with E-state index in [2.05, 4.69) is 25.9 Å². The van der Waals surface area contributed by atoms with Gasteiger partial charge in [0.2, 0.25) is 0 Å². The van der Waals surface area contributed by atoms with E-state index < -0.39 is 11.7 Å². The van der Waals surface area contributed by atoms with E-state index in [-0.39, 0.29) is 5.41 Å². The standard InChI is InChI=1S/C13H22N2O2/c1-9-10(12(2,3)4)8-15(14-9)11(16)17-13(5,6)7/h8H,1-7H3. The van der Waals surface area contributed by atoms with Crippen molar-refractivity contribution in [2.45, 2.75) is 59.5 Å². The number of rotatable bonds is 0. The summed E-state index contributed by atoms with van der Waals surface area (Å²) in [4.78, 5) is 11.8. The van der Waals surface area contributed by atoms with Crippen molar-refractivity contribution in [1.29, 1.82) is 0 Å². The molecule has 96 valence electrons. The van der Waals surface area contributed by atoms with Gasteiger partial charge in [0.05, 0.1) is 5.69 Å². The van der Waals surface area contributed by atoms with E-state index in [9.17, 15) is 4.79 Å². The van der Waals surface area contributed by atoms with E-state index in [0.717, 1.165) is 11.3 Å². The number of carbonyl (C=O) groups is 1. The van der Waals surface area contributed by atoms with Gasteiger partial charge in [0, 0.05) is 6.20 Å². The van der Waals surface area contributed by atoms with Crippen LogP contribution in [0.2, 0.25) is 0 Å². The van der Waals surface area contributed by atoms with Gasteiger partial charge in [-0.15, -0.1) is 0 Å². The maximum atomic E-state index is 11.8. The Balaban J connectivity index is 2.99. The topological polar surface area (TPSA) is 44.1 Å². The number of nitrogens with zero attached hydrogens (tertiary/aromatic N) is 2. The van der Waals surface area contributed by atoms with Gasteiger partial charge in [-0.2, -0.15) is 9.78 Å². The third-order valence-electron chi connectivity index (χ3n) is 2.29. The fourth-order valence-electron chi connectivity index (χ4n) is 1.60. The Hall–Kier alpha value is -1.32. The maximum absolute atomic E-state index is 11.8. The summed E-state index contributed by atoms with van der Waals surface area (Å²) in [6.07, 6.45) is 1.32. The molecule has 4 nitrogen and oxygen atoms in total. The van der Waals surface area contributed by atoms with Crippen molar-refractivity contribution in [1.82, 2.24) is 9.78 Å². The lowest BCUT2D eigenvalue weighted by Gasteiger charge is -2.19. The molecule has 1 heterocycles. The predicted molar refractivity (Wildman–Crippen MR) is 67.3 cm³/mol. The molecule has 1 rings (SSSR count). The molecule has 17 heavy (non-hydrogen) atoms. The predicted octanol–water partition coefficient (Wildman–Crippen LogP) is 3.27. The van der Waals surface area contributed by atoms with Crippen LogP contribution < -0.4 is 0 Å². The van der Waals surface area contributed by atoms with E-state index in [4.69, 9.17) is 4.74 Å². The van der Waals surface area contributed by atoms with Crippen LogP contribution in [0.1, 0.15) is 52.8 Å². The van der Waals surface area contributed by atoms with E-state index in [1.54, 1.807) is 6.20 Å². The molecule has 0 atom stereocenters. The minimum Gasteiger partial charge on any atom is -0.442 e. The SMILES string of the molecule is Cc1nn(C(=O)OC(C)(C)C)cc1C(C)(C)C. The number of ether oxygens (including phenoxy) is 1. The smallest absolute Gasteiger partial charge is 0.435 e. The third-order valence-corrected chi connectivity index (χ3v) is 2.29. The van der Waals surface area contributed by atoms with Crippen molar-refractivity contribution in [3.63, 3.8) is 0 Å². The fourth-order valence-corrected chi connectivity index (χ4v) is 1.60. The summed E-state index contributed by atoms with van der Waals surface area (Å²) in [7, 11) is 0. The van der Waals surface area contributed by atoms with Crippen LogP contribution in [0.15, 0.2) is 6.20 Å². The minimum atomic E-state index is -0.501. The Morgan fingerprint density at radius 1 is 1.24 bits per heavy atom. The Labute approximate surface area is 103 Å². The molecule has 0 spiro atoms. The summed E-state index contributed by atoms with van der Waals surface area (Å²) in [6, 6.07) is 0. The zero-order chi connectivity index (χ0) is 13.4. The zero-order valence-corrected chi connectivity index (χ0v) is 11.8. The molecular formula is C13H22N2O2. The van der Waals surface area contributed by atoms with Crippen LogP contribution in [-0.2, 0) is 10.2 Å². The lowest BCUT2D eigenvalue weighted by Crippen LogP contribution is -2.27. The van der Waals surface area contributed by atoms with E-state index in [1.165, 1.54) is 4.68 Å². The Bertz CT molecular complexity index is 420. The van der Waals surface area contributed by atoms with Gasteiger partial charge in [-0.05, 0) is 38.7 Å². The molecule has 0 N–H and O–H groups in total. The first-order valence-electron chi connectivity index (χ1n) is 5.81. The van der Waals surface area contributed by atoms with Crippen molar-refractivity contribution in [2.24, 2.45) is 0 Å². The summed E-state index contributed by atoms with van der Waals surface area (Å²) in [6.45, 7) is 13.7. The molecule has 1 aromatic rings. The summed E-state index contributed by atoms with van der Waals surface area (Å²) in [5.74, 6) is 0. The van der Waals surface area contributed by atoms with Gasteiger partial charge in [0.25, 0.3) is 0 Å². The normalized spacial score (nSPS) is 12.6. The molecule has 0 amide bonds. The fraction of sp³-hybridized carbons (Fsp3) is 0.692. The van der Waals surface area contributed by atoms with Crippen LogP contribution in [0.3, 0.4) is 0 Å². The molecular weight excluding hydrogens is 216 g/mol. The average molecular weight is 238 g/mol. The highest BCUT2D eigenvalue weighted by molar-refractivity contribution is 5.70. The van der Waals surface area contributed by atoms with Crippen LogP contribution in [0.5, 0.6) is 0 Å². The summed E-state index contributed by atoms with van der Waals surface area (Å²) >= 11 is 0. The van der Waals surface area contributed by atoms with Gasteiger partial charge in [-0.25, -0.2) is 4.79 Å².